The SMILES string of the molecule is CC/C(C)=C(/N=C(N)Cc1ccc(C)cc1)C(=O)NC. The number of hydrogen-bond donors (Lipinski definition) is 2. The molecule has 3 N–H and O–H groups in total. The standard InChI is InChI=1S/C16H23N3O/c1-5-12(3)15(16(20)18-4)19-14(17)10-13-8-6-11(2)7-9-13/h6-9H,5,10H2,1-4H3,(H2,17,19)(H,18,20)/b15-12+. The molecule has 4 nitrogen and oxygen atoms in total. The van der Waals surface area contributed by atoms with E-state index >= 15 is 0 Å². The summed E-state index contributed by atoms with van der Waals surface area (Å²) in [5.74, 6) is 0.247. The van der Waals surface area contributed by atoms with E-state index in [9.17, 15) is 4.79 Å². The molecule has 0 fully saturated rings. The highest BCUT2D eigenvalue weighted by molar-refractivity contribution is 5.97. The molecule has 4 heteroatoms. The maximum absolute atomic E-state index is 11.8. The number of hydrogen-bond acceptors (Lipinski definition) is 2. The molecule has 0 radical (unpaired) electrons. The summed E-state index contributed by atoms with van der Waals surface area (Å²) in [6.45, 7) is 5.93. The van der Waals surface area contributed by atoms with Gasteiger partial charge in [-0.05, 0) is 31.4 Å². The van der Waals surface area contributed by atoms with E-state index in [1.54, 1.807) is 7.05 Å². The van der Waals surface area contributed by atoms with Crippen molar-refractivity contribution in [2.75, 3.05) is 7.05 Å². The number of likely N-dealkylation sites (N-methyl/N-ethyl adjacent to an activating group) is 1. The Morgan fingerprint density at radius 1 is 1.30 bits per heavy atom. The Hall–Kier alpha value is -2.10. The summed E-state index contributed by atoms with van der Waals surface area (Å²) in [7, 11) is 1.59. The lowest BCUT2D eigenvalue weighted by Gasteiger charge is -2.07. The van der Waals surface area contributed by atoms with Crippen LogP contribution in [0.4, 0.5) is 0 Å². The van der Waals surface area contributed by atoms with Gasteiger partial charge in [0.1, 0.15) is 11.5 Å². The van der Waals surface area contributed by atoms with Crippen molar-refractivity contribution in [1.29, 1.82) is 0 Å². The molecular weight excluding hydrogens is 250 g/mol. The number of nitrogens with two attached hydrogens (primary N) is 1. The second kappa shape index (κ2) is 7.48. The topological polar surface area (TPSA) is 67.5 Å². The van der Waals surface area contributed by atoms with Crippen molar-refractivity contribution in [3.05, 3.63) is 46.7 Å². The summed E-state index contributed by atoms with van der Waals surface area (Å²) in [6.07, 6.45) is 1.31. The van der Waals surface area contributed by atoms with E-state index < -0.39 is 0 Å². The molecule has 108 valence electrons. The number of carbonyl (C=O) groups is 1. The van der Waals surface area contributed by atoms with Crippen LogP contribution < -0.4 is 11.1 Å². The summed E-state index contributed by atoms with van der Waals surface area (Å²) in [6, 6.07) is 8.12. The van der Waals surface area contributed by atoms with E-state index in [1.807, 2.05) is 45.0 Å². The number of nitrogens with one attached hydrogen (secondary N) is 1. The molecule has 0 saturated carbocycles. The molecule has 0 aliphatic heterocycles. The number of nitrogens with zero attached hydrogens (tertiary/aromatic N) is 1. The van der Waals surface area contributed by atoms with E-state index in [-0.39, 0.29) is 5.91 Å². The maximum Gasteiger partial charge on any atom is 0.269 e. The molecule has 0 unspecified atom stereocenters. The minimum absolute atomic E-state index is 0.198. The minimum Gasteiger partial charge on any atom is -0.387 e. The van der Waals surface area contributed by atoms with Gasteiger partial charge in [0, 0.05) is 13.5 Å². The molecule has 1 rings (SSSR count). The highest BCUT2D eigenvalue weighted by Gasteiger charge is 2.10. The normalized spacial score (nSPS) is 12.9. The van der Waals surface area contributed by atoms with Crippen molar-refractivity contribution < 1.29 is 4.79 Å². The van der Waals surface area contributed by atoms with E-state index in [4.69, 9.17) is 5.73 Å². The van der Waals surface area contributed by atoms with E-state index in [0.717, 1.165) is 17.6 Å². The first-order valence-corrected chi connectivity index (χ1v) is 6.78. The van der Waals surface area contributed by atoms with Gasteiger partial charge in [-0.15, -0.1) is 0 Å². The first-order valence-electron chi connectivity index (χ1n) is 6.78. The van der Waals surface area contributed by atoms with Crippen LogP contribution >= 0.6 is 0 Å². The van der Waals surface area contributed by atoms with E-state index in [1.165, 1.54) is 5.56 Å². The average Bonchev–Trinajstić information content (AvgIpc) is 2.45. The zero-order chi connectivity index (χ0) is 15.1. The maximum atomic E-state index is 11.8. The van der Waals surface area contributed by atoms with Crippen molar-refractivity contribution in [2.24, 2.45) is 10.7 Å². The fraction of sp³-hybridized carbons (Fsp3) is 0.375. The number of benzene rings is 1. The molecule has 0 atom stereocenters. The van der Waals surface area contributed by atoms with Crippen LogP contribution in [0.1, 0.15) is 31.4 Å². The summed E-state index contributed by atoms with van der Waals surface area (Å²) < 4.78 is 0. The predicted octanol–water partition coefficient (Wildman–Crippen LogP) is 2.32. The largest absolute Gasteiger partial charge is 0.387 e. The minimum atomic E-state index is -0.198. The molecule has 0 aliphatic rings. The van der Waals surface area contributed by atoms with Gasteiger partial charge < -0.3 is 11.1 Å². The van der Waals surface area contributed by atoms with Gasteiger partial charge >= 0.3 is 0 Å². The Bertz CT molecular complexity index is 527. The van der Waals surface area contributed by atoms with Crippen molar-refractivity contribution in [2.45, 2.75) is 33.6 Å². The third-order valence-corrected chi connectivity index (χ3v) is 3.14. The Balaban J connectivity index is 2.95. The van der Waals surface area contributed by atoms with Gasteiger partial charge in [0.25, 0.3) is 5.91 Å². The van der Waals surface area contributed by atoms with Crippen LogP contribution in [0.2, 0.25) is 0 Å². The lowest BCUT2D eigenvalue weighted by Crippen LogP contribution is -2.23. The van der Waals surface area contributed by atoms with Gasteiger partial charge in [0.15, 0.2) is 0 Å². The Kier molecular flexibility index (Phi) is 5.97. The average molecular weight is 273 g/mol. The number of amides is 1. The number of carbonyl (C=O) groups excluding carboxylic acids is 1. The second-order valence-corrected chi connectivity index (χ2v) is 4.83. The van der Waals surface area contributed by atoms with Gasteiger partial charge in [0.2, 0.25) is 0 Å². The molecule has 0 bridgehead atoms. The molecule has 0 spiro atoms. The molecular formula is C16H23N3O. The van der Waals surface area contributed by atoms with Gasteiger partial charge in [-0.2, -0.15) is 0 Å². The predicted molar refractivity (Wildman–Crippen MR) is 83.6 cm³/mol. The first kappa shape index (κ1) is 16.0. The smallest absolute Gasteiger partial charge is 0.269 e. The summed E-state index contributed by atoms with van der Waals surface area (Å²) >= 11 is 0. The van der Waals surface area contributed by atoms with Gasteiger partial charge in [-0.3, -0.25) is 4.79 Å². The Morgan fingerprint density at radius 3 is 2.40 bits per heavy atom. The zero-order valence-corrected chi connectivity index (χ0v) is 12.7. The molecule has 1 amide bonds. The molecule has 0 aromatic heterocycles. The quantitative estimate of drug-likeness (QED) is 0.491. The summed E-state index contributed by atoms with van der Waals surface area (Å²) in [5, 5.41) is 2.60. The van der Waals surface area contributed by atoms with Crippen LogP contribution in [0, 0.1) is 6.92 Å². The fourth-order valence-corrected chi connectivity index (χ4v) is 1.72. The Labute approximate surface area is 120 Å². The number of amidine groups is 1. The summed E-state index contributed by atoms with van der Waals surface area (Å²) in [5.41, 5.74) is 9.60. The highest BCUT2D eigenvalue weighted by atomic mass is 16.1. The van der Waals surface area contributed by atoms with Crippen LogP contribution in [0.15, 0.2) is 40.5 Å². The van der Waals surface area contributed by atoms with Gasteiger partial charge in [-0.1, -0.05) is 36.8 Å². The van der Waals surface area contributed by atoms with Crippen LogP contribution in [-0.4, -0.2) is 18.8 Å². The van der Waals surface area contributed by atoms with Gasteiger partial charge in [-0.25, -0.2) is 4.99 Å². The molecule has 0 saturated heterocycles. The number of allylic oxidation sites excluding steroid dienone is 1. The molecule has 0 aliphatic carbocycles. The van der Waals surface area contributed by atoms with Crippen molar-refractivity contribution in [3.8, 4) is 0 Å². The molecule has 1 aromatic carbocycles. The van der Waals surface area contributed by atoms with Crippen molar-refractivity contribution in [3.63, 3.8) is 0 Å². The second-order valence-electron chi connectivity index (χ2n) is 4.83. The highest BCUT2D eigenvalue weighted by Crippen LogP contribution is 2.11. The summed E-state index contributed by atoms with van der Waals surface area (Å²) in [4.78, 5) is 16.1. The third-order valence-electron chi connectivity index (χ3n) is 3.14. The van der Waals surface area contributed by atoms with Crippen LogP contribution in [-0.2, 0) is 11.2 Å². The van der Waals surface area contributed by atoms with Crippen molar-refractivity contribution >= 4 is 11.7 Å². The zero-order valence-electron chi connectivity index (χ0n) is 12.7. The first-order chi connectivity index (χ1) is 9.47. The number of aliphatic imine (C=N–C) groups is 1. The van der Waals surface area contributed by atoms with Crippen LogP contribution in [0.5, 0.6) is 0 Å². The number of rotatable bonds is 5. The molecule has 0 heterocycles. The van der Waals surface area contributed by atoms with Crippen molar-refractivity contribution in [1.82, 2.24) is 5.32 Å². The van der Waals surface area contributed by atoms with E-state index in [2.05, 4.69) is 10.3 Å². The lowest BCUT2D eigenvalue weighted by atomic mass is 10.1. The monoisotopic (exact) mass is 273 g/mol. The van der Waals surface area contributed by atoms with Crippen LogP contribution in [0.25, 0.3) is 0 Å². The lowest BCUT2D eigenvalue weighted by molar-refractivity contribution is -0.117. The Morgan fingerprint density at radius 2 is 1.90 bits per heavy atom. The fourth-order valence-electron chi connectivity index (χ4n) is 1.72. The third kappa shape index (κ3) is 4.53. The van der Waals surface area contributed by atoms with E-state index in [0.29, 0.717) is 18.0 Å². The molecule has 1 aromatic rings. The van der Waals surface area contributed by atoms with Gasteiger partial charge in [0.05, 0.1) is 0 Å². The molecule has 20 heavy (non-hydrogen) atoms. The van der Waals surface area contributed by atoms with Crippen LogP contribution in [0.3, 0.4) is 0 Å². The number of aryl methyl sites for hydroxylation is 1.